The van der Waals surface area contributed by atoms with Crippen LogP contribution in [0.1, 0.15) is 36.2 Å². The number of nitrogen functional groups attached to an aromatic ring is 1. The highest BCUT2D eigenvalue weighted by Crippen LogP contribution is 2.35. The number of hydrogen-bond acceptors (Lipinski definition) is 5. The number of nitrogens with zero attached hydrogens (tertiary/aromatic N) is 1. The maximum atomic E-state index is 12.9. The number of carbonyl (C=O) groups is 1. The van der Waals surface area contributed by atoms with Gasteiger partial charge >= 0.3 is 6.18 Å². The molecule has 154 valence electrons. The molecule has 0 unspecified atom stereocenters. The van der Waals surface area contributed by atoms with Gasteiger partial charge in [0.05, 0.1) is 5.56 Å². The summed E-state index contributed by atoms with van der Waals surface area (Å²) in [6.07, 6.45) is -3.68. The largest absolute Gasteiger partial charge is 0.454 e. The molecule has 0 aliphatic heterocycles. The molecule has 0 bridgehead atoms. The molecule has 6 nitrogen and oxygen atoms in total. The number of aromatic nitrogens is 1. The summed E-state index contributed by atoms with van der Waals surface area (Å²) in [7, 11) is 0. The van der Waals surface area contributed by atoms with Crippen molar-refractivity contribution in [3.8, 4) is 22.8 Å². The fourth-order valence-electron chi connectivity index (χ4n) is 2.72. The Balaban J connectivity index is 1.87. The van der Waals surface area contributed by atoms with Crippen LogP contribution in [0.25, 0.3) is 22.8 Å². The van der Waals surface area contributed by atoms with Gasteiger partial charge in [0, 0.05) is 12.1 Å². The van der Waals surface area contributed by atoms with Crippen LogP contribution in [0.5, 0.6) is 0 Å². The standard InChI is InChI=1S/C20H20F3N3O3/c1-11(2)8-9-25-19(27)16-17(26-29-18(16)24)15-7-6-14(28-15)12-4-3-5-13(10-12)20(21,22)23/h3-7,10-11H,8-9,24H2,1-2H3,(H,25,27). The first kappa shape index (κ1) is 20.5. The van der Waals surface area contributed by atoms with E-state index in [4.69, 9.17) is 14.7 Å². The molecule has 9 heteroatoms. The molecule has 29 heavy (non-hydrogen) atoms. The van der Waals surface area contributed by atoms with E-state index < -0.39 is 17.6 Å². The number of rotatable bonds is 6. The fraction of sp³-hybridized carbons (Fsp3) is 0.300. The molecule has 1 amide bonds. The third-order valence-corrected chi connectivity index (χ3v) is 4.27. The predicted octanol–water partition coefficient (Wildman–Crippen LogP) is 4.98. The number of amides is 1. The Kier molecular flexibility index (Phi) is 5.67. The molecule has 2 aromatic heterocycles. The lowest BCUT2D eigenvalue weighted by Gasteiger charge is -2.07. The van der Waals surface area contributed by atoms with Crippen LogP contribution in [0.2, 0.25) is 0 Å². The number of hydrogen-bond donors (Lipinski definition) is 2. The highest BCUT2D eigenvalue weighted by molar-refractivity contribution is 6.03. The zero-order valence-corrected chi connectivity index (χ0v) is 15.8. The van der Waals surface area contributed by atoms with Crippen molar-refractivity contribution in [2.75, 3.05) is 12.3 Å². The zero-order valence-electron chi connectivity index (χ0n) is 15.8. The Hall–Kier alpha value is -3.23. The average Bonchev–Trinajstić information content (AvgIpc) is 3.27. The van der Waals surface area contributed by atoms with Gasteiger partial charge in [-0.2, -0.15) is 13.2 Å². The summed E-state index contributed by atoms with van der Waals surface area (Å²) in [5, 5.41) is 6.52. The first-order chi connectivity index (χ1) is 13.7. The van der Waals surface area contributed by atoms with Crippen LogP contribution in [-0.2, 0) is 6.18 Å². The van der Waals surface area contributed by atoms with Crippen molar-refractivity contribution in [2.24, 2.45) is 5.92 Å². The minimum absolute atomic E-state index is 0.0266. The van der Waals surface area contributed by atoms with E-state index in [1.54, 1.807) is 0 Å². The van der Waals surface area contributed by atoms with E-state index in [-0.39, 0.29) is 34.2 Å². The van der Waals surface area contributed by atoms with E-state index in [2.05, 4.69) is 10.5 Å². The van der Waals surface area contributed by atoms with Gasteiger partial charge in [0.15, 0.2) is 11.5 Å². The molecule has 3 rings (SSSR count). The molecule has 0 saturated carbocycles. The van der Waals surface area contributed by atoms with Crippen molar-refractivity contribution in [1.82, 2.24) is 10.5 Å². The van der Waals surface area contributed by atoms with E-state index in [9.17, 15) is 18.0 Å². The quantitative estimate of drug-likeness (QED) is 0.601. The van der Waals surface area contributed by atoms with Gasteiger partial charge in [-0.1, -0.05) is 31.1 Å². The average molecular weight is 407 g/mol. The van der Waals surface area contributed by atoms with Crippen LogP contribution in [0.15, 0.2) is 45.3 Å². The third kappa shape index (κ3) is 4.61. The normalized spacial score (nSPS) is 11.8. The van der Waals surface area contributed by atoms with Crippen molar-refractivity contribution >= 4 is 11.8 Å². The molecule has 0 aliphatic carbocycles. The van der Waals surface area contributed by atoms with Crippen molar-refractivity contribution < 1.29 is 26.9 Å². The second kappa shape index (κ2) is 8.02. The Morgan fingerprint density at radius 1 is 1.21 bits per heavy atom. The van der Waals surface area contributed by atoms with Gasteiger partial charge in [0.25, 0.3) is 5.91 Å². The molecular weight excluding hydrogens is 387 g/mol. The van der Waals surface area contributed by atoms with E-state index in [0.717, 1.165) is 18.6 Å². The highest BCUT2D eigenvalue weighted by atomic mass is 19.4. The monoisotopic (exact) mass is 407 g/mol. The molecular formula is C20H20F3N3O3. The lowest BCUT2D eigenvalue weighted by Crippen LogP contribution is -2.26. The number of nitrogens with two attached hydrogens (primary N) is 1. The highest BCUT2D eigenvalue weighted by Gasteiger charge is 2.31. The van der Waals surface area contributed by atoms with Crippen LogP contribution >= 0.6 is 0 Å². The first-order valence-electron chi connectivity index (χ1n) is 8.98. The molecule has 0 radical (unpaired) electrons. The van der Waals surface area contributed by atoms with Gasteiger partial charge in [0.1, 0.15) is 11.3 Å². The van der Waals surface area contributed by atoms with Crippen molar-refractivity contribution in [3.05, 3.63) is 47.5 Å². The summed E-state index contributed by atoms with van der Waals surface area (Å²) in [5.74, 6) is 0.135. The lowest BCUT2D eigenvalue weighted by molar-refractivity contribution is -0.137. The number of anilines is 1. The van der Waals surface area contributed by atoms with E-state index in [0.29, 0.717) is 12.5 Å². The molecule has 1 aromatic carbocycles. The van der Waals surface area contributed by atoms with Crippen LogP contribution in [0.3, 0.4) is 0 Å². The number of carbonyl (C=O) groups excluding carboxylic acids is 1. The minimum Gasteiger partial charge on any atom is -0.454 e. The molecule has 0 saturated heterocycles. The molecule has 0 fully saturated rings. The molecule has 0 spiro atoms. The number of furan rings is 1. The Morgan fingerprint density at radius 2 is 1.93 bits per heavy atom. The van der Waals surface area contributed by atoms with Crippen LogP contribution in [0, 0.1) is 5.92 Å². The van der Waals surface area contributed by atoms with E-state index in [1.807, 2.05) is 13.8 Å². The van der Waals surface area contributed by atoms with Gasteiger partial charge in [-0.25, -0.2) is 0 Å². The van der Waals surface area contributed by atoms with Crippen LogP contribution in [-0.4, -0.2) is 17.6 Å². The summed E-state index contributed by atoms with van der Waals surface area (Å²) in [6, 6.07) is 7.75. The SMILES string of the molecule is CC(C)CCNC(=O)c1c(-c2ccc(-c3cccc(C(F)(F)F)c3)o2)noc1N. The second-order valence-electron chi connectivity index (χ2n) is 6.95. The Morgan fingerprint density at radius 3 is 2.62 bits per heavy atom. The third-order valence-electron chi connectivity index (χ3n) is 4.27. The summed E-state index contributed by atoms with van der Waals surface area (Å²) in [5.41, 5.74) is 5.31. The lowest BCUT2D eigenvalue weighted by atomic mass is 10.1. The summed E-state index contributed by atoms with van der Waals surface area (Å²) in [6.45, 7) is 4.52. The van der Waals surface area contributed by atoms with Gasteiger partial charge in [0.2, 0.25) is 5.88 Å². The molecule has 0 aliphatic rings. The summed E-state index contributed by atoms with van der Waals surface area (Å²) < 4.78 is 49.4. The minimum atomic E-state index is -4.47. The number of alkyl halides is 3. The molecule has 3 N–H and O–H groups in total. The smallest absolute Gasteiger partial charge is 0.416 e. The maximum Gasteiger partial charge on any atom is 0.416 e. The number of halogens is 3. The Labute approximate surface area is 164 Å². The van der Waals surface area contributed by atoms with Crippen LogP contribution in [0.4, 0.5) is 19.1 Å². The van der Waals surface area contributed by atoms with Gasteiger partial charge in [-0.15, -0.1) is 0 Å². The van der Waals surface area contributed by atoms with Gasteiger partial charge in [-0.3, -0.25) is 4.79 Å². The number of nitrogens with one attached hydrogen (secondary N) is 1. The van der Waals surface area contributed by atoms with Crippen LogP contribution < -0.4 is 11.1 Å². The molecule has 3 aromatic rings. The second-order valence-corrected chi connectivity index (χ2v) is 6.95. The van der Waals surface area contributed by atoms with E-state index in [1.165, 1.54) is 24.3 Å². The van der Waals surface area contributed by atoms with E-state index >= 15 is 0 Å². The Bertz CT molecular complexity index is 1010. The predicted molar refractivity (Wildman–Crippen MR) is 101 cm³/mol. The van der Waals surface area contributed by atoms with Gasteiger partial charge in [-0.05, 0) is 36.6 Å². The van der Waals surface area contributed by atoms with Gasteiger partial charge < -0.3 is 20.0 Å². The molecule has 2 heterocycles. The zero-order chi connectivity index (χ0) is 21.2. The van der Waals surface area contributed by atoms with Crippen molar-refractivity contribution in [1.29, 1.82) is 0 Å². The molecule has 0 atom stereocenters. The maximum absolute atomic E-state index is 12.9. The van der Waals surface area contributed by atoms with Crippen molar-refractivity contribution in [3.63, 3.8) is 0 Å². The fourth-order valence-corrected chi connectivity index (χ4v) is 2.72. The first-order valence-corrected chi connectivity index (χ1v) is 8.98. The number of benzene rings is 1. The summed E-state index contributed by atoms with van der Waals surface area (Å²) in [4.78, 5) is 12.5. The topological polar surface area (TPSA) is 94.3 Å². The van der Waals surface area contributed by atoms with Crippen molar-refractivity contribution in [2.45, 2.75) is 26.4 Å². The summed E-state index contributed by atoms with van der Waals surface area (Å²) >= 11 is 0.